The Labute approximate surface area is 182 Å². The molecule has 7 nitrogen and oxygen atoms in total. The molecule has 0 radical (unpaired) electrons. The molecular weight excluding hydrogens is 416 g/mol. The van der Waals surface area contributed by atoms with Crippen LogP contribution in [-0.4, -0.2) is 32.2 Å². The number of hydrogen-bond acceptors (Lipinski definition) is 5. The number of nitrogen functional groups attached to an aromatic ring is 1. The number of carbonyl (C=O) groups is 1. The first-order valence-corrected chi connectivity index (χ1v) is 9.96. The predicted octanol–water partition coefficient (Wildman–Crippen LogP) is 3.42. The van der Waals surface area contributed by atoms with Gasteiger partial charge in [0.25, 0.3) is 5.91 Å². The minimum Gasteiger partial charge on any atom is -0.388 e. The molecule has 1 atom stereocenters. The molecule has 0 saturated carbocycles. The number of rotatable bonds is 6. The van der Waals surface area contributed by atoms with E-state index in [1.165, 1.54) is 40.9 Å². The first-order valence-electron chi connectivity index (χ1n) is 9.96. The van der Waals surface area contributed by atoms with Crippen molar-refractivity contribution in [2.45, 2.75) is 19.4 Å². The van der Waals surface area contributed by atoms with Crippen LogP contribution in [-0.2, 0) is 0 Å². The lowest BCUT2D eigenvalue weighted by Crippen LogP contribution is -2.26. The standard InChI is InChI=1S/C23H21F2N5O2/c1-13-10-19(25)18(15-7-9-30-21(11-15)28-23(26)29-30)12-17(13)22(32)27-8-6-20(31)14-2-4-16(24)5-3-14/h2-5,7,9-12,20,31H,6,8H2,1H3,(H2,26,29)(H,27,32)/t20-/m0/s1. The Bertz CT molecular complexity index is 1290. The quantitative estimate of drug-likeness (QED) is 0.429. The number of nitrogens with two attached hydrogens (primary N) is 1. The number of aromatic nitrogens is 3. The number of fused-ring (bicyclic) bond motifs is 1. The largest absolute Gasteiger partial charge is 0.388 e. The molecule has 0 aliphatic carbocycles. The zero-order valence-electron chi connectivity index (χ0n) is 17.2. The predicted molar refractivity (Wildman–Crippen MR) is 116 cm³/mol. The van der Waals surface area contributed by atoms with Gasteiger partial charge in [-0.2, -0.15) is 4.98 Å². The van der Waals surface area contributed by atoms with E-state index in [0.717, 1.165) is 0 Å². The Morgan fingerprint density at radius 3 is 2.69 bits per heavy atom. The molecule has 32 heavy (non-hydrogen) atoms. The number of hydrogen-bond donors (Lipinski definition) is 3. The molecule has 4 aromatic rings. The summed E-state index contributed by atoms with van der Waals surface area (Å²) in [7, 11) is 0. The maximum Gasteiger partial charge on any atom is 0.251 e. The molecular formula is C23H21F2N5O2. The molecule has 0 bridgehead atoms. The van der Waals surface area contributed by atoms with Crippen LogP contribution in [0, 0.1) is 18.6 Å². The molecule has 9 heteroatoms. The van der Waals surface area contributed by atoms with Crippen LogP contribution in [0.2, 0.25) is 0 Å². The van der Waals surface area contributed by atoms with Gasteiger partial charge >= 0.3 is 0 Å². The van der Waals surface area contributed by atoms with Crippen LogP contribution in [0.1, 0.15) is 34.0 Å². The van der Waals surface area contributed by atoms with Crippen molar-refractivity contribution < 1.29 is 18.7 Å². The van der Waals surface area contributed by atoms with Crippen LogP contribution < -0.4 is 11.1 Å². The van der Waals surface area contributed by atoms with Crippen LogP contribution in [0.25, 0.3) is 16.8 Å². The average Bonchev–Trinajstić information content (AvgIpc) is 3.13. The number of aryl methyl sites for hydroxylation is 1. The van der Waals surface area contributed by atoms with Crippen molar-refractivity contribution in [2.75, 3.05) is 12.3 Å². The van der Waals surface area contributed by atoms with Gasteiger partial charge < -0.3 is 16.2 Å². The van der Waals surface area contributed by atoms with E-state index in [9.17, 15) is 18.7 Å². The van der Waals surface area contributed by atoms with Crippen LogP contribution in [0.15, 0.2) is 54.7 Å². The van der Waals surface area contributed by atoms with Crippen molar-refractivity contribution in [3.05, 3.63) is 83.1 Å². The molecule has 0 saturated heterocycles. The smallest absolute Gasteiger partial charge is 0.251 e. The van der Waals surface area contributed by atoms with Crippen molar-refractivity contribution in [3.8, 4) is 11.1 Å². The van der Waals surface area contributed by atoms with Gasteiger partial charge in [-0.3, -0.25) is 4.79 Å². The van der Waals surface area contributed by atoms with Gasteiger partial charge in [-0.1, -0.05) is 12.1 Å². The average molecular weight is 437 g/mol. The number of aliphatic hydroxyl groups is 1. The van der Waals surface area contributed by atoms with Crippen LogP contribution >= 0.6 is 0 Å². The highest BCUT2D eigenvalue weighted by atomic mass is 19.1. The van der Waals surface area contributed by atoms with Crippen molar-refractivity contribution in [3.63, 3.8) is 0 Å². The number of carbonyl (C=O) groups excluding carboxylic acids is 1. The van der Waals surface area contributed by atoms with Crippen molar-refractivity contribution in [1.29, 1.82) is 0 Å². The van der Waals surface area contributed by atoms with Gasteiger partial charge in [-0.05, 0) is 66.4 Å². The fourth-order valence-corrected chi connectivity index (χ4v) is 3.47. The minimum atomic E-state index is -0.844. The zero-order chi connectivity index (χ0) is 22.8. The van der Waals surface area contributed by atoms with Gasteiger partial charge in [0.15, 0.2) is 5.65 Å². The lowest BCUT2D eigenvalue weighted by Gasteiger charge is -2.14. The van der Waals surface area contributed by atoms with Crippen molar-refractivity contribution in [2.24, 2.45) is 0 Å². The van der Waals surface area contributed by atoms with E-state index in [1.54, 1.807) is 25.3 Å². The molecule has 1 amide bonds. The first-order chi connectivity index (χ1) is 15.3. The Morgan fingerprint density at radius 1 is 1.19 bits per heavy atom. The fourth-order valence-electron chi connectivity index (χ4n) is 3.47. The maximum atomic E-state index is 14.7. The third kappa shape index (κ3) is 4.42. The Morgan fingerprint density at radius 2 is 1.94 bits per heavy atom. The fraction of sp³-hybridized carbons (Fsp3) is 0.174. The van der Waals surface area contributed by atoms with E-state index in [2.05, 4.69) is 15.4 Å². The molecule has 2 aromatic heterocycles. The highest BCUT2D eigenvalue weighted by molar-refractivity contribution is 5.97. The second kappa shape index (κ2) is 8.72. The topological polar surface area (TPSA) is 106 Å². The molecule has 164 valence electrons. The van der Waals surface area contributed by atoms with E-state index < -0.39 is 11.9 Å². The van der Waals surface area contributed by atoms with Gasteiger partial charge in [0.2, 0.25) is 5.95 Å². The van der Waals surface area contributed by atoms with Gasteiger partial charge in [0.05, 0.1) is 6.10 Å². The van der Waals surface area contributed by atoms with Gasteiger partial charge in [-0.15, -0.1) is 5.10 Å². The van der Waals surface area contributed by atoms with E-state index in [-0.39, 0.29) is 36.2 Å². The summed E-state index contributed by atoms with van der Waals surface area (Å²) in [5.74, 6) is -1.14. The van der Waals surface area contributed by atoms with Gasteiger partial charge in [-0.25, -0.2) is 13.3 Å². The number of nitrogens with one attached hydrogen (secondary N) is 1. The van der Waals surface area contributed by atoms with Crippen molar-refractivity contribution >= 4 is 17.5 Å². The Hall–Kier alpha value is -3.85. The van der Waals surface area contributed by atoms with Gasteiger partial charge in [0, 0.05) is 23.9 Å². The summed E-state index contributed by atoms with van der Waals surface area (Å²) < 4.78 is 29.2. The number of halogens is 2. The summed E-state index contributed by atoms with van der Waals surface area (Å²) in [6.07, 6.45) is 1.02. The second-order valence-electron chi connectivity index (χ2n) is 7.45. The summed E-state index contributed by atoms with van der Waals surface area (Å²) in [5, 5.41) is 17.0. The molecule has 4 N–H and O–H groups in total. The highest BCUT2D eigenvalue weighted by Crippen LogP contribution is 2.27. The molecule has 0 aliphatic heterocycles. The summed E-state index contributed by atoms with van der Waals surface area (Å²) in [6.45, 7) is 1.84. The third-order valence-electron chi connectivity index (χ3n) is 5.18. The Balaban J connectivity index is 1.50. The Kier molecular flexibility index (Phi) is 5.83. The summed E-state index contributed by atoms with van der Waals surface area (Å²) in [6, 6.07) is 11.6. The summed E-state index contributed by atoms with van der Waals surface area (Å²) in [4.78, 5) is 16.8. The summed E-state index contributed by atoms with van der Waals surface area (Å²) in [5.41, 5.74) is 8.20. The number of nitrogens with zero attached hydrogens (tertiary/aromatic N) is 3. The summed E-state index contributed by atoms with van der Waals surface area (Å²) >= 11 is 0. The lowest BCUT2D eigenvalue weighted by atomic mass is 9.99. The number of anilines is 1. The van der Waals surface area contributed by atoms with E-state index in [4.69, 9.17) is 5.73 Å². The first kappa shape index (κ1) is 21.4. The SMILES string of the molecule is Cc1cc(F)c(-c2ccn3nc(N)nc3c2)cc1C(=O)NCC[C@H](O)c1ccc(F)cc1. The molecule has 2 aromatic carbocycles. The normalized spacial score (nSPS) is 12.1. The minimum absolute atomic E-state index is 0.106. The number of pyridine rings is 1. The maximum absolute atomic E-state index is 14.7. The molecule has 0 fully saturated rings. The van der Waals surface area contributed by atoms with E-state index in [1.807, 2.05) is 0 Å². The molecule has 2 heterocycles. The third-order valence-corrected chi connectivity index (χ3v) is 5.18. The van der Waals surface area contributed by atoms with Crippen molar-refractivity contribution in [1.82, 2.24) is 19.9 Å². The number of aliphatic hydroxyl groups excluding tert-OH is 1. The van der Waals surface area contributed by atoms with E-state index >= 15 is 0 Å². The monoisotopic (exact) mass is 437 g/mol. The zero-order valence-corrected chi connectivity index (χ0v) is 17.2. The van der Waals surface area contributed by atoms with E-state index in [0.29, 0.717) is 27.9 Å². The molecule has 0 aliphatic rings. The lowest BCUT2D eigenvalue weighted by molar-refractivity contribution is 0.0942. The number of benzene rings is 2. The molecule has 0 spiro atoms. The van der Waals surface area contributed by atoms with Crippen LogP contribution in [0.3, 0.4) is 0 Å². The van der Waals surface area contributed by atoms with Crippen LogP contribution in [0.4, 0.5) is 14.7 Å². The van der Waals surface area contributed by atoms with Crippen LogP contribution in [0.5, 0.6) is 0 Å². The second-order valence-corrected chi connectivity index (χ2v) is 7.45. The highest BCUT2D eigenvalue weighted by Gasteiger charge is 2.16. The van der Waals surface area contributed by atoms with Gasteiger partial charge in [0.1, 0.15) is 11.6 Å². The molecule has 0 unspecified atom stereocenters. The number of amides is 1. The molecule has 4 rings (SSSR count).